The molecule has 146 valence electrons. The number of allylic oxidation sites excluding steroid dienone is 1. The molecule has 4 rings (SSSR count). The van der Waals surface area contributed by atoms with Crippen LogP contribution in [0.15, 0.2) is 46.8 Å². The Kier molecular flexibility index (Phi) is 4.92. The van der Waals surface area contributed by atoms with Crippen LogP contribution in [0.25, 0.3) is 0 Å². The van der Waals surface area contributed by atoms with Crippen molar-refractivity contribution >= 4 is 5.78 Å². The average molecular weight is 369 g/mol. The highest BCUT2D eigenvalue weighted by Crippen LogP contribution is 2.59. The van der Waals surface area contributed by atoms with E-state index in [0.717, 1.165) is 37.7 Å². The van der Waals surface area contributed by atoms with E-state index in [0.29, 0.717) is 24.2 Å². The van der Waals surface area contributed by atoms with Gasteiger partial charge >= 0.3 is 0 Å². The van der Waals surface area contributed by atoms with Gasteiger partial charge in [-0.2, -0.15) is 0 Å². The molecular formula is C24H32O3. The number of furan rings is 1. The standard InChI is InChI=1S/C24H32O3/c1-17-9-12-24(3)21(5-4-6-22(24)25)23(17,2)13-10-18-7-8-20(27-15-18)19-11-14-26-16-19/h7,10-11,13-14,16-17,20-21H,4-6,8-9,12,15H2,1-3H3/b13-10+/t17-,20+,21+,23-,24+/m0/s1. The highest BCUT2D eigenvalue weighted by molar-refractivity contribution is 5.85. The van der Waals surface area contributed by atoms with Crippen LogP contribution in [0.2, 0.25) is 0 Å². The van der Waals surface area contributed by atoms with E-state index in [9.17, 15) is 4.79 Å². The molecule has 0 aromatic carbocycles. The first-order chi connectivity index (χ1) is 12.9. The Hall–Kier alpha value is -1.61. The molecule has 2 fully saturated rings. The summed E-state index contributed by atoms with van der Waals surface area (Å²) in [5.41, 5.74) is 2.30. The molecule has 3 aliphatic rings. The van der Waals surface area contributed by atoms with E-state index in [1.54, 1.807) is 12.5 Å². The second kappa shape index (κ2) is 7.09. The summed E-state index contributed by atoms with van der Waals surface area (Å²) in [7, 11) is 0. The van der Waals surface area contributed by atoms with Crippen LogP contribution in [-0.4, -0.2) is 12.4 Å². The summed E-state index contributed by atoms with van der Waals surface area (Å²) in [6, 6.07) is 1.98. The molecule has 1 aromatic heterocycles. The summed E-state index contributed by atoms with van der Waals surface area (Å²) in [6.45, 7) is 7.62. The number of ketones is 1. The molecule has 3 nitrogen and oxygen atoms in total. The SMILES string of the molecule is C[C@H]1CC[C@@]2(C)C(=O)CCC[C@@H]2[C@@]1(C)/C=C/C1=CC[C@H](c2ccoc2)OC1. The van der Waals surface area contributed by atoms with Crippen molar-refractivity contribution in [2.24, 2.45) is 22.7 Å². The van der Waals surface area contributed by atoms with E-state index in [1.165, 1.54) is 12.0 Å². The number of carbonyl (C=O) groups is 1. The molecule has 0 spiro atoms. The molecule has 0 unspecified atom stereocenters. The van der Waals surface area contributed by atoms with Gasteiger partial charge in [-0.15, -0.1) is 0 Å². The Morgan fingerprint density at radius 3 is 2.81 bits per heavy atom. The lowest BCUT2D eigenvalue weighted by molar-refractivity contribution is -0.144. The fourth-order valence-corrected chi connectivity index (χ4v) is 5.70. The molecular weight excluding hydrogens is 336 g/mol. The number of hydrogen-bond donors (Lipinski definition) is 0. The maximum atomic E-state index is 12.7. The predicted octanol–water partition coefficient (Wildman–Crippen LogP) is 6.04. The van der Waals surface area contributed by atoms with Crippen molar-refractivity contribution in [3.05, 3.63) is 48.0 Å². The molecule has 0 amide bonds. The smallest absolute Gasteiger partial charge is 0.139 e. The lowest BCUT2D eigenvalue weighted by atomic mass is 9.48. The molecule has 2 heterocycles. The lowest BCUT2D eigenvalue weighted by Gasteiger charge is -2.55. The molecule has 2 saturated carbocycles. The van der Waals surface area contributed by atoms with E-state index >= 15 is 0 Å². The molecule has 1 aromatic rings. The van der Waals surface area contributed by atoms with Crippen LogP contribution in [0.3, 0.4) is 0 Å². The lowest BCUT2D eigenvalue weighted by Crippen LogP contribution is -2.52. The zero-order chi connectivity index (χ0) is 19.1. The number of fused-ring (bicyclic) bond motifs is 1. The van der Waals surface area contributed by atoms with Crippen molar-refractivity contribution in [3.63, 3.8) is 0 Å². The van der Waals surface area contributed by atoms with E-state index in [1.807, 2.05) is 6.07 Å². The van der Waals surface area contributed by atoms with Gasteiger partial charge in [-0.05, 0) is 61.0 Å². The highest BCUT2D eigenvalue weighted by Gasteiger charge is 2.55. The summed E-state index contributed by atoms with van der Waals surface area (Å²) >= 11 is 0. The number of carbonyl (C=O) groups excluding carboxylic acids is 1. The third-order valence-electron chi connectivity index (χ3n) is 7.83. The number of ether oxygens (including phenoxy) is 1. The number of hydrogen-bond acceptors (Lipinski definition) is 3. The average Bonchev–Trinajstić information content (AvgIpc) is 3.21. The molecule has 3 heteroatoms. The van der Waals surface area contributed by atoms with Crippen LogP contribution in [0.5, 0.6) is 0 Å². The fourth-order valence-electron chi connectivity index (χ4n) is 5.70. The van der Waals surface area contributed by atoms with Crippen molar-refractivity contribution in [1.29, 1.82) is 0 Å². The third kappa shape index (κ3) is 3.24. The van der Waals surface area contributed by atoms with E-state index in [4.69, 9.17) is 9.15 Å². The molecule has 0 bridgehead atoms. The Morgan fingerprint density at radius 2 is 2.11 bits per heavy atom. The van der Waals surface area contributed by atoms with Gasteiger partial charge in [-0.3, -0.25) is 4.79 Å². The third-order valence-corrected chi connectivity index (χ3v) is 7.83. The zero-order valence-electron chi connectivity index (χ0n) is 16.9. The first kappa shape index (κ1) is 18.7. The normalized spacial score (nSPS) is 40.0. The summed E-state index contributed by atoms with van der Waals surface area (Å²) < 4.78 is 11.2. The Bertz CT molecular complexity index is 744. The maximum Gasteiger partial charge on any atom is 0.139 e. The van der Waals surface area contributed by atoms with Gasteiger partial charge in [0.15, 0.2) is 0 Å². The minimum Gasteiger partial charge on any atom is -0.472 e. The minimum atomic E-state index is -0.131. The zero-order valence-corrected chi connectivity index (χ0v) is 16.9. The van der Waals surface area contributed by atoms with Gasteiger partial charge in [0.2, 0.25) is 0 Å². The maximum absolute atomic E-state index is 12.7. The van der Waals surface area contributed by atoms with Crippen molar-refractivity contribution in [2.45, 2.75) is 65.4 Å². The summed E-state index contributed by atoms with van der Waals surface area (Å²) in [6.07, 6.45) is 16.6. The predicted molar refractivity (Wildman–Crippen MR) is 106 cm³/mol. The van der Waals surface area contributed by atoms with E-state index in [2.05, 4.69) is 39.0 Å². The van der Waals surface area contributed by atoms with Gasteiger partial charge < -0.3 is 9.15 Å². The van der Waals surface area contributed by atoms with Crippen LogP contribution in [-0.2, 0) is 9.53 Å². The second-order valence-electron chi connectivity index (χ2n) is 9.30. The van der Waals surface area contributed by atoms with Crippen LogP contribution in [0.1, 0.15) is 71.0 Å². The molecule has 5 atom stereocenters. The minimum absolute atomic E-state index is 0.0747. The molecule has 1 aliphatic heterocycles. The first-order valence-corrected chi connectivity index (χ1v) is 10.5. The van der Waals surface area contributed by atoms with Gasteiger partial charge in [0.05, 0.1) is 25.2 Å². The van der Waals surface area contributed by atoms with Crippen LogP contribution < -0.4 is 0 Å². The number of Topliss-reactive ketones (excluding diaryl/α,β-unsaturated/α-hetero) is 1. The Morgan fingerprint density at radius 1 is 1.26 bits per heavy atom. The molecule has 2 aliphatic carbocycles. The largest absolute Gasteiger partial charge is 0.472 e. The van der Waals surface area contributed by atoms with Gasteiger partial charge in [0.25, 0.3) is 0 Å². The Balaban J connectivity index is 1.52. The number of rotatable bonds is 3. The van der Waals surface area contributed by atoms with Gasteiger partial charge in [0.1, 0.15) is 5.78 Å². The van der Waals surface area contributed by atoms with Gasteiger partial charge in [0, 0.05) is 17.4 Å². The summed E-state index contributed by atoms with van der Waals surface area (Å²) in [4.78, 5) is 12.7. The molecule has 0 N–H and O–H groups in total. The Labute approximate surface area is 162 Å². The van der Waals surface area contributed by atoms with E-state index in [-0.39, 0.29) is 16.9 Å². The van der Waals surface area contributed by atoms with Crippen molar-refractivity contribution in [1.82, 2.24) is 0 Å². The fraction of sp³-hybridized carbons (Fsp3) is 0.625. The summed E-state index contributed by atoms with van der Waals surface area (Å²) in [5.74, 6) is 1.55. The molecule has 0 radical (unpaired) electrons. The molecule has 27 heavy (non-hydrogen) atoms. The second-order valence-corrected chi connectivity index (χ2v) is 9.30. The monoisotopic (exact) mass is 368 g/mol. The van der Waals surface area contributed by atoms with Crippen molar-refractivity contribution in [3.8, 4) is 0 Å². The van der Waals surface area contributed by atoms with Crippen molar-refractivity contribution < 1.29 is 13.9 Å². The highest BCUT2D eigenvalue weighted by atomic mass is 16.5. The van der Waals surface area contributed by atoms with Gasteiger partial charge in [-0.25, -0.2) is 0 Å². The topological polar surface area (TPSA) is 39.4 Å². The quantitative estimate of drug-likeness (QED) is 0.653. The van der Waals surface area contributed by atoms with Crippen LogP contribution >= 0.6 is 0 Å². The van der Waals surface area contributed by atoms with Crippen molar-refractivity contribution in [2.75, 3.05) is 6.61 Å². The molecule has 0 saturated heterocycles. The van der Waals surface area contributed by atoms with Gasteiger partial charge in [-0.1, -0.05) is 39.0 Å². The first-order valence-electron chi connectivity index (χ1n) is 10.5. The van der Waals surface area contributed by atoms with Crippen LogP contribution in [0, 0.1) is 22.7 Å². The van der Waals surface area contributed by atoms with Crippen LogP contribution in [0.4, 0.5) is 0 Å². The summed E-state index contributed by atoms with van der Waals surface area (Å²) in [5, 5.41) is 0. The van der Waals surface area contributed by atoms with E-state index < -0.39 is 0 Å².